The van der Waals surface area contributed by atoms with Gasteiger partial charge in [0, 0.05) is 16.8 Å². The van der Waals surface area contributed by atoms with E-state index in [2.05, 4.69) is 15.3 Å². The third kappa shape index (κ3) is 2.79. The number of aryl methyl sites for hydroxylation is 1. The maximum absolute atomic E-state index is 11.8. The Balaban J connectivity index is 2.01. The molecule has 2 aromatic rings. The number of anilines is 1. The zero-order valence-electron chi connectivity index (χ0n) is 9.30. The van der Waals surface area contributed by atoms with Crippen LogP contribution in [0.1, 0.15) is 21.1 Å². The number of nitrogens with one attached hydrogen (secondary N) is 1. The van der Waals surface area contributed by atoms with Gasteiger partial charge in [-0.15, -0.1) is 11.3 Å². The number of nitrogen functional groups attached to an aromatic ring is 1. The van der Waals surface area contributed by atoms with Crippen LogP contribution in [-0.2, 0) is 6.54 Å². The average molecular weight is 248 g/mol. The minimum Gasteiger partial charge on any atom is -0.399 e. The molecule has 2 rings (SSSR count). The molecule has 88 valence electrons. The fraction of sp³-hybridized carbons (Fsp3) is 0.182. The Bertz CT molecular complexity index is 538. The lowest BCUT2D eigenvalue weighted by molar-refractivity contribution is 0.0946. The van der Waals surface area contributed by atoms with Gasteiger partial charge in [-0.25, -0.2) is 4.98 Å². The van der Waals surface area contributed by atoms with Crippen molar-refractivity contribution in [3.63, 3.8) is 0 Å². The maximum Gasteiger partial charge on any atom is 0.270 e. The summed E-state index contributed by atoms with van der Waals surface area (Å²) in [6.45, 7) is 2.38. The van der Waals surface area contributed by atoms with Crippen molar-refractivity contribution < 1.29 is 4.79 Å². The van der Waals surface area contributed by atoms with Gasteiger partial charge in [0.1, 0.15) is 5.69 Å². The summed E-state index contributed by atoms with van der Waals surface area (Å²) < 4.78 is 0. The lowest BCUT2D eigenvalue weighted by atomic mass is 10.3. The van der Waals surface area contributed by atoms with Crippen molar-refractivity contribution >= 4 is 22.9 Å². The summed E-state index contributed by atoms with van der Waals surface area (Å²) in [7, 11) is 0. The molecule has 0 unspecified atom stereocenters. The van der Waals surface area contributed by atoms with E-state index in [1.54, 1.807) is 17.6 Å². The molecule has 0 aliphatic rings. The van der Waals surface area contributed by atoms with Gasteiger partial charge in [-0.2, -0.15) is 0 Å². The van der Waals surface area contributed by atoms with E-state index in [9.17, 15) is 4.79 Å². The van der Waals surface area contributed by atoms with E-state index in [0.29, 0.717) is 17.9 Å². The summed E-state index contributed by atoms with van der Waals surface area (Å²) in [6, 6.07) is 3.19. The number of hydrogen-bond donors (Lipinski definition) is 2. The zero-order valence-corrected chi connectivity index (χ0v) is 10.1. The quantitative estimate of drug-likeness (QED) is 0.859. The van der Waals surface area contributed by atoms with Crippen molar-refractivity contribution in [3.8, 4) is 0 Å². The monoisotopic (exact) mass is 248 g/mol. The molecule has 0 fully saturated rings. The summed E-state index contributed by atoms with van der Waals surface area (Å²) in [5.74, 6) is -0.231. The van der Waals surface area contributed by atoms with Crippen molar-refractivity contribution in [2.45, 2.75) is 13.5 Å². The molecule has 3 N–H and O–H groups in total. The Hall–Kier alpha value is -1.95. The number of carbonyl (C=O) groups excluding carboxylic acids is 1. The number of thiazole rings is 1. The van der Waals surface area contributed by atoms with E-state index in [0.717, 1.165) is 10.6 Å². The Morgan fingerprint density at radius 2 is 2.35 bits per heavy atom. The first kappa shape index (κ1) is 11.5. The van der Waals surface area contributed by atoms with Gasteiger partial charge in [-0.05, 0) is 19.1 Å². The summed E-state index contributed by atoms with van der Waals surface area (Å²) in [5, 5.41) is 2.78. The Morgan fingerprint density at radius 1 is 1.53 bits per heavy atom. The molecule has 0 aliphatic heterocycles. The first-order valence-corrected chi connectivity index (χ1v) is 5.93. The van der Waals surface area contributed by atoms with Crippen molar-refractivity contribution in [2.24, 2.45) is 0 Å². The topological polar surface area (TPSA) is 80.9 Å². The minimum absolute atomic E-state index is 0.231. The van der Waals surface area contributed by atoms with Gasteiger partial charge in [0.05, 0.1) is 17.7 Å². The van der Waals surface area contributed by atoms with E-state index in [-0.39, 0.29) is 5.91 Å². The number of aromatic nitrogens is 2. The molecule has 1 amide bonds. The van der Waals surface area contributed by atoms with Crippen LogP contribution in [0.25, 0.3) is 0 Å². The summed E-state index contributed by atoms with van der Waals surface area (Å²) in [5.41, 5.74) is 9.14. The number of nitrogens with two attached hydrogens (primary N) is 1. The highest BCUT2D eigenvalue weighted by Gasteiger charge is 2.08. The molecule has 0 aromatic carbocycles. The lowest BCUT2D eigenvalue weighted by Gasteiger charge is -2.04. The summed E-state index contributed by atoms with van der Waals surface area (Å²) in [6.07, 6.45) is 1.52. The predicted molar refractivity (Wildman–Crippen MR) is 66.7 cm³/mol. The van der Waals surface area contributed by atoms with E-state index >= 15 is 0 Å². The van der Waals surface area contributed by atoms with Crippen molar-refractivity contribution in [1.29, 1.82) is 0 Å². The van der Waals surface area contributed by atoms with E-state index in [1.165, 1.54) is 17.5 Å². The van der Waals surface area contributed by atoms with Crippen LogP contribution < -0.4 is 11.1 Å². The molecule has 0 saturated carbocycles. The Labute approximate surface area is 103 Å². The second kappa shape index (κ2) is 4.92. The lowest BCUT2D eigenvalue weighted by Crippen LogP contribution is -2.23. The van der Waals surface area contributed by atoms with Crippen LogP contribution in [0.3, 0.4) is 0 Å². The van der Waals surface area contributed by atoms with Crippen molar-refractivity contribution in [2.75, 3.05) is 5.73 Å². The fourth-order valence-electron chi connectivity index (χ4n) is 1.32. The highest BCUT2D eigenvalue weighted by molar-refractivity contribution is 7.09. The largest absolute Gasteiger partial charge is 0.399 e. The maximum atomic E-state index is 11.8. The van der Waals surface area contributed by atoms with E-state index in [1.807, 2.05) is 6.92 Å². The van der Waals surface area contributed by atoms with Crippen LogP contribution in [0.4, 0.5) is 5.69 Å². The number of rotatable bonds is 3. The molecule has 2 aromatic heterocycles. The van der Waals surface area contributed by atoms with Crippen LogP contribution in [0, 0.1) is 6.92 Å². The third-order valence-electron chi connectivity index (χ3n) is 2.27. The highest BCUT2D eigenvalue weighted by Crippen LogP contribution is 2.11. The van der Waals surface area contributed by atoms with Gasteiger partial charge in [-0.3, -0.25) is 9.78 Å². The summed E-state index contributed by atoms with van der Waals surface area (Å²) in [4.78, 5) is 20.9. The van der Waals surface area contributed by atoms with Gasteiger partial charge in [0.25, 0.3) is 5.91 Å². The number of pyridine rings is 1. The van der Waals surface area contributed by atoms with Crippen LogP contribution in [0.15, 0.2) is 23.8 Å². The molecular weight excluding hydrogens is 236 g/mol. The second-order valence-electron chi connectivity index (χ2n) is 3.52. The van der Waals surface area contributed by atoms with Gasteiger partial charge < -0.3 is 11.1 Å². The van der Waals surface area contributed by atoms with E-state index < -0.39 is 0 Å². The fourth-order valence-corrected chi connectivity index (χ4v) is 2.03. The van der Waals surface area contributed by atoms with Crippen LogP contribution in [0.5, 0.6) is 0 Å². The first-order valence-electron chi connectivity index (χ1n) is 5.05. The average Bonchev–Trinajstić information content (AvgIpc) is 2.72. The van der Waals surface area contributed by atoms with Crippen molar-refractivity contribution in [1.82, 2.24) is 15.3 Å². The molecule has 0 saturated heterocycles. The molecule has 0 atom stereocenters. The minimum atomic E-state index is -0.231. The Morgan fingerprint density at radius 3 is 3.00 bits per heavy atom. The van der Waals surface area contributed by atoms with Gasteiger partial charge >= 0.3 is 0 Å². The molecule has 2 heterocycles. The second-order valence-corrected chi connectivity index (χ2v) is 4.46. The highest BCUT2D eigenvalue weighted by atomic mass is 32.1. The molecule has 5 nitrogen and oxygen atoms in total. The van der Waals surface area contributed by atoms with Crippen LogP contribution in [-0.4, -0.2) is 15.9 Å². The van der Waals surface area contributed by atoms with Crippen LogP contribution in [0.2, 0.25) is 0 Å². The van der Waals surface area contributed by atoms with Gasteiger partial charge in [0.2, 0.25) is 0 Å². The third-order valence-corrected chi connectivity index (χ3v) is 3.21. The Kier molecular flexibility index (Phi) is 3.34. The molecule has 0 radical (unpaired) electrons. The normalized spacial score (nSPS) is 10.2. The van der Waals surface area contributed by atoms with Gasteiger partial charge in [-0.1, -0.05) is 0 Å². The number of hydrogen-bond acceptors (Lipinski definition) is 5. The van der Waals surface area contributed by atoms with Crippen molar-refractivity contribution in [3.05, 3.63) is 40.1 Å². The predicted octanol–water partition coefficient (Wildman–Crippen LogP) is 1.36. The standard InChI is InChI=1S/C11H12N4OS/c1-7-10(17-6-15-7)5-14-11(16)9-4-8(12)2-3-13-9/h2-4,6H,5H2,1H3,(H2,12,13)(H,14,16). The molecule has 0 aliphatic carbocycles. The molecular formula is C11H12N4OS. The first-order chi connectivity index (χ1) is 8.16. The zero-order chi connectivity index (χ0) is 12.3. The molecule has 0 spiro atoms. The van der Waals surface area contributed by atoms with E-state index in [4.69, 9.17) is 5.73 Å². The smallest absolute Gasteiger partial charge is 0.270 e. The van der Waals surface area contributed by atoms with Gasteiger partial charge in [0.15, 0.2) is 0 Å². The van der Waals surface area contributed by atoms with Crippen LogP contribution >= 0.6 is 11.3 Å². The molecule has 0 bridgehead atoms. The molecule has 17 heavy (non-hydrogen) atoms. The number of amides is 1. The number of carbonyl (C=O) groups is 1. The number of nitrogens with zero attached hydrogens (tertiary/aromatic N) is 2. The SMILES string of the molecule is Cc1ncsc1CNC(=O)c1cc(N)ccn1. The summed E-state index contributed by atoms with van der Waals surface area (Å²) >= 11 is 1.52. The molecule has 6 heteroatoms.